The molecular weight excluding hydrogens is 271 g/mol. The Kier molecular flexibility index (Phi) is 1.53. The van der Waals surface area contributed by atoms with Crippen LogP contribution in [0.1, 0.15) is 0 Å². The summed E-state index contributed by atoms with van der Waals surface area (Å²) in [6.45, 7) is 0. The van der Waals surface area contributed by atoms with Gasteiger partial charge in [-0.25, -0.2) is 19.6 Å². The van der Waals surface area contributed by atoms with Crippen molar-refractivity contribution in [2.75, 3.05) is 11.6 Å². The summed E-state index contributed by atoms with van der Waals surface area (Å²) in [5.74, 6) is 5.87. The van der Waals surface area contributed by atoms with Gasteiger partial charge in [0.2, 0.25) is 0 Å². The summed E-state index contributed by atoms with van der Waals surface area (Å²) in [5, 5.41) is 0. The number of anilines is 1. The average Bonchev–Trinajstić information content (AvgIpc) is 2.33. The van der Waals surface area contributed by atoms with Gasteiger partial charge in [-0.05, 0) is 0 Å². The maximum absolute atomic E-state index is 5.58. The molecule has 0 saturated heterocycles. The molecule has 0 aromatic carbocycles. The molecule has 0 aliphatic carbocycles. The molecule has 7 heteroatoms. The largest absolute Gasteiger partial charge is 0.382 e. The summed E-state index contributed by atoms with van der Waals surface area (Å²) >= 11 is 1.97. The molecule has 0 spiro atoms. The third-order valence-corrected chi connectivity index (χ3v) is 1.90. The van der Waals surface area contributed by atoms with Crippen LogP contribution in [-0.4, -0.2) is 19.6 Å². The second-order valence-corrected chi connectivity index (χ2v) is 3.17. The molecule has 0 aliphatic heterocycles. The highest BCUT2D eigenvalue weighted by molar-refractivity contribution is 14.1. The standard InChI is InChI=1S/C5H5IN6/c6-5-10-3(7)2-4(11-5)12(8)1-9-2/h1H,8H2,(H2,7,10,11). The molecule has 2 rings (SSSR count). The smallest absolute Gasteiger partial charge is 0.194 e. The van der Waals surface area contributed by atoms with Gasteiger partial charge in [0.25, 0.3) is 0 Å². The molecule has 0 saturated carbocycles. The van der Waals surface area contributed by atoms with Crippen LogP contribution in [0.3, 0.4) is 0 Å². The maximum atomic E-state index is 5.58. The van der Waals surface area contributed by atoms with Crippen LogP contribution in [0.25, 0.3) is 11.2 Å². The normalized spacial score (nSPS) is 10.8. The zero-order valence-electron chi connectivity index (χ0n) is 5.90. The van der Waals surface area contributed by atoms with Gasteiger partial charge in [0.1, 0.15) is 6.33 Å². The number of hydrogen-bond donors (Lipinski definition) is 2. The highest BCUT2D eigenvalue weighted by Gasteiger charge is 2.07. The molecule has 0 atom stereocenters. The van der Waals surface area contributed by atoms with Crippen LogP contribution in [0.5, 0.6) is 0 Å². The Bertz CT molecular complexity index is 435. The van der Waals surface area contributed by atoms with E-state index in [1.807, 2.05) is 22.6 Å². The molecule has 62 valence electrons. The molecule has 0 radical (unpaired) electrons. The van der Waals surface area contributed by atoms with Gasteiger partial charge in [0, 0.05) is 22.6 Å². The fraction of sp³-hybridized carbons (Fsp3) is 0. The Hall–Kier alpha value is -1.12. The number of nitrogen functional groups attached to an aromatic ring is 2. The van der Waals surface area contributed by atoms with E-state index in [9.17, 15) is 0 Å². The minimum Gasteiger partial charge on any atom is -0.382 e. The number of rotatable bonds is 0. The van der Waals surface area contributed by atoms with Crippen molar-refractivity contribution in [1.82, 2.24) is 19.6 Å². The van der Waals surface area contributed by atoms with Crippen LogP contribution in [0.2, 0.25) is 0 Å². The average molecular weight is 276 g/mol. The molecule has 0 fully saturated rings. The Labute approximate surface area is 81.1 Å². The third-order valence-electron chi connectivity index (χ3n) is 1.42. The summed E-state index contributed by atoms with van der Waals surface area (Å²) in [7, 11) is 0. The molecule has 2 aromatic heterocycles. The zero-order valence-corrected chi connectivity index (χ0v) is 8.06. The quantitative estimate of drug-likeness (QED) is 0.392. The molecule has 2 aromatic rings. The van der Waals surface area contributed by atoms with E-state index in [0.29, 0.717) is 20.8 Å². The predicted molar refractivity (Wildman–Crippen MR) is 52.6 cm³/mol. The van der Waals surface area contributed by atoms with E-state index >= 15 is 0 Å². The first-order valence-electron chi connectivity index (χ1n) is 3.09. The molecule has 0 bridgehead atoms. The van der Waals surface area contributed by atoms with Gasteiger partial charge >= 0.3 is 0 Å². The van der Waals surface area contributed by atoms with E-state index < -0.39 is 0 Å². The number of halogens is 1. The first-order chi connectivity index (χ1) is 5.68. The second kappa shape index (κ2) is 2.44. The summed E-state index contributed by atoms with van der Waals surface area (Å²) in [4.78, 5) is 11.9. The summed E-state index contributed by atoms with van der Waals surface area (Å²) in [5.41, 5.74) is 6.67. The number of nitrogens with two attached hydrogens (primary N) is 2. The van der Waals surface area contributed by atoms with Crippen LogP contribution in [0, 0.1) is 3.83 Å². The molecule has 0 amide bonds. The highest BCUT2D eigenvalue weighted by Crippen LogP contribution is 2.14. The Balaban J connectivity index is 2.92. The van der Waals surface area contributed by atoms with E-state index in [-0.39, 0.29) is 0 Å². The van der Waals surface area contributed by atoms with E-state index in [4.69, 9.17) is 11.6 Å². The van der Waals surface area contributed by atoms with E-state index in [1.165, 1.54) is 11.0 Å². The first kappa shape index (κ1) is 7.53. The monoisotopic (exact) mass is 276 g/mol. The molecule has 0 aliphatic rings. The lowest BCUT2D eigenvalue weighted by atomic mass is 10.5. The Morgan fingerprint density at radius 3 is 2.92 bits per heavy atom. The van der Waals surface area contributed by atoms with Gasteiger partial charge < -0.3 is 11.6 Å². The lowest BCUT2D eigenvalue weighted by Crippen LogP contribution is -2.08. The van der Waals surface area contributed by atoms with Crippen molar-refractivity contribution < 1.29 is 0 Å². The number of imidazole rings is 1. The van der Waals surface area contributed by atoms with E-state index in [0.717, 1.165) is 0 Å². The molecular formula is C5H5IN6. The summed E-state index contributed by atoms with van der Waals surface area (Å²) < 4.78 is 1.88. The molecule has 12 heavy (non-hydrogen) atoms. The van der Waals surface area contributed by atoms with Crippen LogP contribution >= 0.6 is 22.6 Å². The van der Waals surface area contributed by atoms with Crippen molar-refractivity contribution in [3.63, 3.8) is 0 Å². The third kappa shape index (κ3) is 0.967. The van der Waals surface area contributed by atoms with Crippen LogP contribution in [-0.2, 0) is 0 Å². The molecule has 0 unspecified atom stereocenters. The van der Waals surface area contributed by atoms with Gasteiger partial charge in [-0.2, -0.15) is 0 Å². The lowest BCUT2D eigenvalue weighted by molar-refractivity contribution is 1.00. The minimum absolute atomic E-state index is 0.355. The van der Waals surface area contributed by atoms with Gasteiger partial charge in [0.05, 0.1) is 0 Å². The number of hydrogen-bond acceptors (Lipinski definition) is 5. The topological polar surface area (TPSA) is 95.6 Å². The fourth-order valence-corrected chi connectivity index (χ4v) is 1.40. The second-order valence-electron chi connectivity index (χ2n) is 2.20. The fourth-order valence-electron chi connectivity index (χ4n) is 0.911. The lowest BCUT2D eigenvalue weighted by Gasteiger charge is -1.96. The molecule has 6 nitrogen and oxygen atoms in total. The summed E-state index contributed by atoms with van der Waals surface area (Å²) in [6.07, 6.45) is 1.45. The maximum Gasteiger partial charge on any atom is 0.194 e. The van der Waals surface area contributed by atoms with Crippen LogP contribution < -0.4 is 11.6 Å². The van der Waals surface area contributed by atoms with Crippen LogP contribution in [0.4, 0.5) is 5.82 Å². The Morgan fingerprint density at radius 1 is 1.42 bits per heavy atom. The number of nitrogens with zero attached hydrogens (tertiary/aromatic N) is 4. The van der Waals surface area contributed by atoms with Crippen molar-refractivity contribution in [3.8, 4) is 0 Å². The van der Waals surface area contributed by atoms with Crippen molar-refractivity contribution in [2.24, 2.45) is 0 Å². The highest BCUT2D eigenvalue weighted by atomic mass is 127. The van der Waals surface area contributed by atoms with Gasteiger partial charge in [-0.3, -0.25) is 0 Å². The zero-order chi connectivity index (χ0) is 8.72. The molecule has 2 heterocycles. The van der Waals surface area contributed by atoms with Crippen LogP contribution in [0.15, 0.2) is 6.33 Å². The van der Waals surface area contributed by atoms with Crippen molar-refractivity contribution >= 4 is 39.6 Å². The predicted octanol–water partition coefficient (Wildman–Crippen LogP) is -0.273. The van der Waals surface area contributed by atoms with Gasteiger partial charge in [0.15, 0.2) is 20.8 Å². The number of aromatic nitrogens is 4. The van der Waals surface area contributed by atoms with E-state index in [1.54, 1.807) is 0 Å². The van der Waals surface area contributed by atoms with Crippen molar-refractivity contribution in [3.05, 3.63) is 10.2 Å². The SMILES string of the molecule is Nc1nc(I)nc2c1ncn2N. The van der Waals surface area contributed by atoms with E-state index in [2.05, 4.69) is 15.0 Å². The summed E-state index contributed by atoms with van der Waals surface area (Å²) in [6, 6.07) is 0. The van der Waals surface area contributed by atoms with Gasteiger partial charge in [-0.15, -0.1) is 0 Å². The Morgan fingerprint density at radius 2 is 2.17 bits per heavy atom. The van der Waals surface area contributed by atoms with Gasteiger partial charge in [-0.1, -0.05) is 0 Å². The molecule has 4 N–H and O–H groups in total. The van der Waals surface area contributed by atoms with Crippen molar-refractivity contribution in [2.45, 2.75) is 0 Å². The minimum atomic E-state index is 0.355. The first-order valence-corrected chi connectivity index (χ1v) is 4.17. The van der Waals surface area contributed by atoms with Crippen molar-refractivity contribution in [1.29, 1.82) is 0 Å². The number of fused-ring (bicyclic) bond motifs is 1.